The summed E-state index contributed by atoms with van der Waals surface area (Å²) in [6, 6.07) is 16.0. The van der Waals surface area contributed by atoms with Gasteiger partial charge in [0.25, 0.3) is 0 Å². The molecule has 180 valence electrons. The van der Waals surface area contributed by atoms with Gasteiger partial charge in [-0.25, -0.2) is 4.39 Å². The van der Waals surface area contributed by atoms with Gasteiger partial charge in [0.05, 0.1) is 23.4 Å². The Morgan fingerprint density at radius 1 is 1.14 bits per heavy atom. The fourth-order valence-corrected chi connectivity index (χ4v) is 4.48. The van der Waals surface area contributed by atoms with Gasteiger partial charge in [0.2, 0.25) is 6.16 Å². The van der Waals surface area contributed by atoms with E-state index in [1.807, 2.05) is 44.2 Å². The molecule has 0 spiro atoms. The van der Waals surface area contributed by atoms with Crippen molar-refractivity contribution in [1.29, 1.82) is 0 Å². The van der Waals surface area contributed by atoms with Gasteiger partial charge in [-0.1, -0.05) is 61.2 Å². The summed E-state index contributed by atoms with van der Waals surface area (Å²) in [5.74, 6) is 4.43. The predicted molar refractivity (Wildman–Crippen MR) is 133 cm³/mol. The van der Waals surface area contributed by atoms with Crippen molar-refractivity contribution in [2.24, 2.45) is 0 Å². The number of hydrogen-bond acceptors (Lipinski definition) is 5. The Morgan fingerprint density at radius 3 is 2.46 bits per heavy atom. The molecule has 0 aliphatic rings. The summed E-state index contributed by atoms with van der Waals surface area (Å²) in [6.07, 6.45) is -1.43. The van der Waals surface area contributed by atoms with E-state index in [9.17, 15) is 18.9 Å². The van der Waals surface area contributed by atoms with Crippen LogP contribution in [-0.4, -0.2) is 40.0 Å². The lowest BCUT2D eigenvalue weighted by molar-refractivity contribution is -0.138. The monoisotopic (exact) mass is 494 g/mol. The van der Waals surface area contributed by atoms with E-state index in [-0.39, 0.29) is 18.6 Å². The lowest BCUT2D eigenvalue weighted by atomic mass is 9.90. The maximum Gasteiger partial charge on any atom is 0.511 e. The molecule has 0 radical (unpaired) electrons. The second-order valence-electron chi connectivity index (χ2n) is 7.85. The van der Waals surface area contributed by atoms with E-state index < -0.39 is 26.5 Å². The fraction of sp³-hybridized carbons (Fsp3) is 0.259. The van der Waals surface area contributed by atoms with Crippen molar-refractivity contribution < 1.29 is 28.5 Å². The first-order chi connectivity index (χ1) is 16.8. The summed E-state index contributed by atoms with van der Waals surface area (Å²) in [4.78, 5) is 15.5. The molecule has 35 heavy (non-hydrogen) atoms. The van der Waals surface area contributed by atoms with Gasteiger partial charge >= 0.3 is 14.0 Å². The summed E-state index contributed by atoms with van der Waals surface area (Å²) in [5, 5.41) is 18.3. The SMILES string of the molecule is CCc1nc(-c2ccccc2)c(C)c(-c2ccc(F)cc2)c1C#CCO[P+](=O)CC(O)CC(=O)O. The second kappa shape index (κ2) is 12.3. The molecule has 2 aromatic carbocycles. The second-order valence-corrected chi connectivity index (χ2v) is 9.14. The van der Waals surface area contributed by atoms with Crippen LogP contribution < -0.4 is 0 Å². The number of aliphatic carboxylic acids is 1. The molecular weight excluding hydrogens is 468 g/mol. The van der Waals surface area contributed by atoms with E-state index in [2.05, 4.69) is 11.8 Å². The van der Waals surface area contributed by atoms with Gasteiger partial charge < -0.3 is 10.2 Å². The fourth-order valence-electron chi connectivity index (χ4n) is 3.69. The molecule has 0 bridgehead atoms. The molecule has 2 N–H and O–H groups in total. The summed E-state index contributed by atoms with van der Waals surface area (Å²) in [5.41, 5.74) is 5.76. The Balaban J connectivity index is 1.97. The Labute approximate surface area is 204 Å². The van der Waals surface area contributed by atoms with Crippen molar-refractivity contribution in [2.45, 2.75) is 32.8 Å². The number of halogens is 1. The number of pyridine rings is 1. The largest absolute Gasteiger partial charge is 0.511 e. The molecule has 6 nitrogen and oxygen atoms in total. The number of aliphatic hydroxyl groups is 1. The zero-order chi connectivity index (χ0) is 25.4. The molecule has 0 fully saturated rings. The van der Waals surface area contributed by atoms with E-state index in [0.29, 0.717) is 12.0 Å². The van der Waals surface area contributed by atoms with E-state index in [1.165, 1.54) is 12.1 Å². The van der Waals surface area contributed by atoms with E-state index in [4.69, 9.17) is 14.6 Å². The van der Waals surface area contributed by atoms with Crippen LogP contribution in [-0.2, 0) is 20.3 Å². The third kappa shape index (κ3) is 7.03. The Morgan fingerprint density at radius 2 is 1.83 bits per heavy atom. The van der Waals surface area contributed by atoms with Gasteiger partial charge in [-0.15, -0.1) is 4.52 Å². The van der Waals surface area contributed by atoms with Crippen molar-refractivity contribution in [3.05, 3.63) is 77.2 Å². The summed E-state index contributed by atoms with van der Waals surface area (Å²) in [6.45, 7) is 3.76. The molecule has 0 saturated carbocycles. The zero-order valence-corrected chi connectivity index (χ0v) is 20.4. The number of carbonyl (C=O) groups is 1. The van der Waals surface area contributed by atoms with E-state index >= 15 is 0 Å². The van der Waals surface area contributed by atoms with Crippen LogP contribution in [0.1, 0.15) is 30.2 Å². The average Bonchev–Trinajstić information content (AvgIpc) is 2.82. The minimum absolute atomic E-state index is 0.166. The van der Waals surface area contributed by atoms with Gasteiger partial charge in [-0.2, -0.15) is 0 Å². The minimum Gasteiger partial charge on any atom is -0.481 e. The number of nitrogens with zero attached hydrogens (tertiary/aromatic N) is 1. The Kier molecular flexibility index (Phi) is 9.22. The lowest BCUT2D eigenvalue weighted by Gasteiger charge is -2.17. The van der Waals surface area contributed by atoms with E-state index in [1.54, 1.807) is 12.1 Å². The summed E-state index contributed by atoms with van der Waals surface area (Å²) in [7, 11) is -2.26. The topological polar surface area (TPSA) is 96.7 Å². The van der Waals surface area contributed by atoms with Crippen LogP contribution in [0.25, 0.3) is 22.4 Å². The highest BCUT2D eigenvalue weighted by Crippen LogP contribution is 2.35. The van der Waals surface area contributed by atoms with Gasteiger partial charge in [0, 0.05) is 11.1 Å². The first kappa shape index (κ1) is 26.2. The van der Waals surface area contributed by atoms with E-state index in [0.717, 1.165) is 33.6 Å². The molecule has 0 aliphatic carbocycles. The normalized spacial score (nSPS) is 11.9. The first-order valence-electron chi connectivity index (χ1n) is 11.1. The molecule has 3 aromatic rings. The van der Waals surface area contributed by atoms with Crippen LogP contribution in [0.4, 0.5) is 4.39 Å². The average molecular weight is 494 g/mol. The van der Waals surface area contributed by atoms with Crippen LogP contribution in [0.5, 0.6) is 0 Å². The van der Waals surface area contributed by atoms with Gasteiger partial charge in [-0.3, -0.25) is 9.78 Å². The van der Waals surface area contributed by atoms with Crippen LogP contribution in [0.2, 0.25) is 0 Å². The van der Waals surface area contributed by atoms with Crippen LogP contribution >= 0.6 is 8.03 Å². The molecule has 0 saturated heterocycles. The van der Waals surface area contributed by atoms with Gasteiger partial charge in [0.15, 0.2) is 6.61 Å². The van der Waals surface area contributed by atoms with Crippen molar-refractivity contribution in [1.82, 2.24) is 4.98 Å². The smallest absolute Gasteiger partial charge is 0.481 e. The first-order valence-corrected chi connectivity index (χ1v) is 12.5. The predicted octanol–water partition coefficient (Wildman–Crippen LogP) is 5.37. The number of benzene rings is 2. The van der Waals surface area contributed by atoms with Gasteiger partial charge in [0.1, 0.15) is 11.9 Å². The standard InChI is InChI=1S/C27H25FNO5P/c1-3-24-23(10-7-15-34-35(33)17-22(30)16-25(31)32)26(19-11-13-21(28)14-12-19)18(2)27(29-24)20-8-5-4-6-9-20/h4-6,8-9,11-14,22,30H,3,15-17H2,1-2H3/p+1. The van der Waals surface area contributed by atoms with Crippen molar-refractivity contribution in [2.75, 3.05) is 12.8 Å². The van der Waals surface area contributed by atoms with Crippen LogP contribution in [0.3, 0.4) is 0 Å². The van der Waals surface area contributed by atoms with Crippen LogP contribution in [0.15, 0.2) is 54.6 Å². The molecule has 1 aromatic heterocycles. The highest BCUT2D eigenvalue weighted by molar-refractivity contribution is 7.39. The maximum absolute atomic E-state index is 13.6. The van der Waals surface area contributed by atoms with Crippen LogP contribution in [0, 0.1) is 24.6 Å². The molecule has 0 amide bonds. The Hall–Kier alpha value is -3.43. The minimum atomic E-state index is -2.26. The zero-order valence-electron chi connectivity index (χ0n) is 19.5. The molecule has 1 heterocycles. The number of aryl methyl sites for hydroxylation is 1. The highest BCUT2D eigenvalue weighted by atomic mass is 31.1. The molecule has 2 unspecified atom stereocenters. The number of carboxylic acids is 1. The van der Waals surface area contributed by atoms with Crippen molar-refractivity contribution in [3.8, 4) is 34.2 Å². The van der Waals surface area contributed by atoms with Crippen molar-refractivity contribution in [3.63, 3.8) is 0 Å². The maximum atomic E-state index is 13.6. The third-order valence-electron chi connectivity index (χ3n) is 5.29. The quantitative estimate of drug-likeness (QED) is 0.307. The number of rotatable bonds is 9. The van der Waals surface area contributed by atoms with Crippen molar-refractivity contribution >= 4 is 14.0 Å². The molecular formula is C27H26FNO5P+. The number of aliphatic hydroxyl groups excluding tert-OH is 1. The molecule has 3 rings (SSSR count). The summed E-state index contributed by atoms with van der Waals surface area (Å²) < 4.78 is 30.8. The summed E-state index contributed by atoms with van der Waals surface area (Å²) >= 11 is 0. The third-order valence-corrected chi connectivity index (χ3v) is 6.43. The lowest BCUT2D eigenvalue weighted by Crippen LogP contribution is -2.15. The molecule has 8 heteroatoms. The van der Waals surface area contributed by atoms with Gasteiger partial charge in [-0.05, 0) is 41.2 Å². The number of carboxylic acid groups (broad SMARTS) is 1. The highest BCUT2D eigenvalue weighted by Gasteiger charge is 2.25. The molecule has 0 aliphatic heterocycles. The number of aromatic nitrogens is 1. The number of hydrogen-bond donors (Lipinski definition) is 2. The molecule has 2 atom stereocenters. The Bertz CT molecular complexity index is 1270.